The van der Waals surface area contributed by atoms with Crippen molar-refractivity contribution < 1.29 is 24.0 Å². The first-order chi connectivity index (χ1) is 11.4. The van der Waals surface area contributed by atoms with E-state index >= 15 is 0 Å². The molecule has 0 bridgehead atoms. The fourth-order valence-corrected chi connectivity index (χ4v) is 2.09. The molecular formula is C16H12FN2O5-. The number of halogens is 1. The second kappa shape index (κ2) is 7.32. The molecule has 0 radical (unpaired) electrons. The maximum Gasteiger partial charge on any atom is 0.269 e. The molecule has 0 aliphatic rings. The molecule has 0 saturated carbocycles. The van der Waals surface area contributed by atoms with Crippen LogP contribution in [-0.4, -0.2) is 16.8 Å². The van der Waals surface area contributed by atoms with Crippen LogP contribution in [0.4, 0.5) is 10.1 Å². The van der Waals surface area contributed by atoms with Gasteiger partial charge in [0.2, 0.25) is 0 Å². The summed E-state index contributed by atoms with van der Waals surface area (Å²) in [7, 11) is 0. The molecule has 124 valence electrons. The third kappa shape index (κ3) is 4.35. The predicted molar refractivity (Wildman–Crippen MR) is 79.3 cm³/mol. The van der Waals surface area contributed by atoms with Crippen LogP contribution < -0.4 is 10.4 Å². The molecule has 2 aromatic rings. The molecule has 1 amide bonds. The van der Waals surface area contributed by atoms with Crippen molar-refractivity contribution in [3.8, 4) is 0 Å². The third-order valence-corrected chi connectivity index (χ3v) is 3.29. The molecule has 0 aromatic heterocycles. The first-order valence-corrected chi connectivity index (χ1v) is 6.87. The number of rotatable bonds is 6. The van der Waals surface area contributed by atoms with Gasteiger partial charge in [-0.05, 0) is 29.8 Å². The molecule has 7 nitrogen and oxygen atoms in total. The van der Waals surface area contributed by atoms with Gasteiger partial charge in [0.25, 0.3) is 11.6 Å². The van der Waals surface area contributed by atoms with Crippen molar-refractivity contribution >= 4 is 17.6 Å². The number of hydrogen-bond donors (Lipinski definition) is 1. The second-order valence-electron chi connectivity index (χ2n) is 4.96. The predicted octanol–water partition coefficient (Wildman–Crippen LogP) is 1.34. The topological polar surface area (TPSA) is 112 Å². The van der Waals surface area contributed by atoms with Crippen LogP contribution in [0.25, 0.3) is 0 Å². The van der Waals surface area contributed by atoms with E-state index in [4.69, 9.17) is 0 Å². The lowest BCUT2D eigenvalue weighted by molar-refractivity contribution is -0.384. The molecule has 2 aromatic carbocycles. The number of carboxylic acid groups (broad SMARTS) is 1. The average molecular weight is 331 g/mol. The third-order valence-electron chi connectivity index (χ3n) is 3.29. The van der Waals surface area contributed by atoms with Crippen LogP contribution in [0.3, 0.4) is 0 Å². The molecule has 0 aliphatic carbocycles. The Morgan fingerprint density at radius 2 is 1.67 bits per heavy atom. The SMILES string of the molecule is O=C([O-])CC(NC(=O)c1ccc([N+](=O)[O-])cc1)c1ccc(F)cc1. The van der Waals surface area contributed by atoms with Crippen LogP contribution in [0.5, 0.6) is 0 Å². The largest absolute Gasteiger partial charge is 0.550 e. The number of hydrogen-bond acceptors (Lipinski definition) is 5. The first kappa shape index (κ1) is 17.1. The fraction of sp³-hybridized carbons (Fsp3) is 0.125. The van der Waals surface area contributed by atoms with Crippen LogP contribution in [0, 0.1) is 15.9 Å². The van der Waals surface area contributed by atoms with Gasteiger partial charge >= 0.3 is 0 Å². The molecule has 1 N–H and O–H groups in total. The maximum atomic E-state index is 13.0. The summed E-state index contributed by atoms with van der Waals surface area (Å²) in [6, 6.07) is 8.95. The lowest BCUT2D eigenvalue weighted by Crippen LogP contribution is -2.34. The van der Waals surface area contributed by atoms with E-state index in [0.717, 1.165) is 12.1 Å². The standard InChI is InChI=1S/C16H13FN2O5/c17-12-5-1-10(2-6-12)14(9-15(20)21)18-16(22)11-3-7-13(8-4-11)19(23)24/h1-8,14H,9H2,(H,18,22)(H,20,21)/p-1. The number of non-ortho nitro benzene ring substituents is 1. The number of amides is 1. The zero-order valence-corrected chi connectivity index (χ0v) is 12.3. The molecule has 0 spiro atoms. The Hall–Kier alpha value is -3.29. The summed E-state index contributed by atoms with van der Waals surface area (Å²) < 4.78 is 13.0. The normalized spacial score (nSPS) is 11.5. The Balaban J connectivity index is 2.18. The Morgan fingerprint density at radius 1 is 1.08 bits per heavy atom. The number of carbonyl (C=O) groups is 2. The van der Waals surface area contributed by atoms with E-state index in [9.17, 15) is 29.2 Å². The molecule has 2 rings (SSSR count). The van der Waals surface area contributed by atoms with Gasteiger partial charge in [-0.2, -0.15) is 0 Å². The maximum absolute atomic E-state index is 13.0. The summed E-state index contributed by atoms with van der Waals surface area (Å²) in [5.41, 5.74) is 0.360. The van der Waals surface area contributed by atoms with E-state index in [0.29, 0.717) is 5.56 Å². The molecule has 0 heterocycles. The van der Waals surface area contributed by atoms with Gasteiger partial charge in [0, 0.05) is 30.1 Å². The highest BCUT2D eigenvalue weighted by Crippen LogP contribution is 2.19. The number of nitrogens with one attached hydrogen (secondary N) is 1. The van der Waals surface area contributed by atoms with E-state index in [-0.39, 0.29) is 11.3 Å². The molecular weight excluding hydrogens is 319 g/mol. The number of carboxylic acids is 1. The summed E-state index contributed by atoms with van der Waals surface area (Å²) >= 11 is 0. The summed E-state index contributed by atoms with van der Waals surface area (Å²) in [6.45, 7) is 0. The minimum atomic E-state index is -1.38. The number of carbonyl (C=O) groups excluding carboxylic acids is 2. The highest BCUT2D eigenvalue weighted by molar-refractivity contribution is 5.94. The molecule has 1 atom stereocenters. The molecule has 0 aliphatic heterocycles. The average Bonchev–Trinajstić information content (AvgIpc) is 2.54. The van der Waals surface area contributed by atoms with Crippen molar-refractivity contribution in [2.45, 2.75) is 12.5 Å². The summed E-state index contributed by atoms with van der Waals surface area (Å²) in [4.78, 5) is 33.1. The molecule has 1 unspecified atom stereocenters. The highest BCUT2D eigenvalue weighted by Gasteiger charge is 2.17. The number of nitro groups is 1. The lowest BCUT2D eigenvalue weighted by atomic mass is 10.0. The van der Waals surface area contributed by atoms with Gasteiger partial charge in [0.1, 0.15) is 5.82 Å². The minimum absolute atomic E-state index is 0.131. The van der Waals surface area contributed by atoms with Crippen LogP contribution in [0.15, 0.2) is 48.5 Å². The highest BCUT2D eigenvalue weighted by atomic mass is 19.1. The quantitative estimate of drug-likeness (QED) is 0.634. The van der Waals surface area contributed by atoms with Gasteiger partial charge in [-0.25, -0.2) is 4.39 Å². The van der Waals surface area contributed by atoms with Crippen molar-refractivity contribution in [1.82, 2.24) is 5.32 Å². The second-order valence-corrected chi connectivity index (χ2v) is 4.96. The first-order valence-electron chi connectivity index (χ1n) is 6.87. The van der Waals surface area contributed by atoms with E-state index in [1.165, 1.54) is 36.4 Å². The number of aliphatic carboxylic acids is 1. The summed E-state index contributed by atoms with van der Waals surface area (Å²) in [5, 5.41) is 24.0. The zero-order valence-electron chi connectivity index (χ0n) is 12.3. The van der Waals surface area contributed by atoms with Gasteiger partial charge in [-0.1, -0.05) is 12.1 Å². The van der Waals surface area contributed by atoms with Crippen molar-refractivity contribution in [2.24, 2.45) is 0 Å². The molecule has 0 saturated heterocycles. The summed E-state index contributed by atoms with van der Waals surface area (Å²) in [5.74, 6) is -2.48. The van der Waals surface area contributed by atoms with E-state index in [1.54, 1.807) is 0 Å². The molecule has 24 heavy (non-hydrogen) atoms. The number of benzene rings is 2. The van der Waals surface area contributed by atoms with Gasteiger partial charge < -0.3 is 15.2 Å². The lowest BCUT2D eigenvalue weighted by Gasteiger charge is -2.20. The molecule has 0 fully saturated rings. The Morgan fingerprint density at radius 3 is 2.17 bits per heavy atom. The number of nitro benzene ring substituents is 1. The fourth-order valence-electron chi connectivity index (χ4n) is 2.09. The van der Waals surface area contributed by atoms with Crippen molar-refractivity contribution in [2.75, 3.05) is 0 Å². The zero-order chi connectivity index (χ0) is 17.7. The van der Waals surface area contributed by atoms with E-state index in [1.807, 2.05) is 0 Å². The van der Waals surface area contributed by atoms with Crippen LogP contribution >= 0.6 is 0 Å². The van der Waals surface area contributed by atoms with Crippen LogP contribution in [0.1, 0.15) is 28.4 Å². The van der Waals surface area contributed by atoms with Gasteiger partial charge in [0.15, 0.2) is 0 Å². The van der Waals surface area contributed by atoms with Crippen molar-refractivity contribution in [1.29, 1.82) is 0 Å². The smallest absolute Gasteiger partial charge is 0.269 e. The Labute approximate surface area is 135 Å². The van der Waals surface area contributed by atoms with E-state index in [2.05, 4.69) is 5.32 Å². The Bertz CT molecular complexity index is 759. The van der Waals surface area contributed by atoms with Crippen molar-refractivity contribution in [3.05, 3.63) is 75.6 Å². The van der Waals surface area contributed by atoms with Crippen LogP contribution in [0.2, 0.25) is 0 Å². The minimum Gasteiger partial charge on any atom is -0.550 e. The molecule has 8 heteroatoms. The van der Waals surface area contributed by atoms with E-state index < -0.39 is 35.1 Å². The van der Waals surface area contributed by atoms with Gasteiger partial charge in [-0.15, -0.1) is 0 Å². The van der Waals surface area contributed by atoms with Gasteiger partial charge in [-0.3, -0.25) is 14.9 Å². The Kier molecular flexibility index (Phi) is 5.20. The number of nitrogens with zero attached hydrogens (tertiary/aromatic N) is 1. The van der Waals surface area contributed by atoms with Gasteiger partial charge in [0.05, 0.1) is 11.0 Å². The monoisotopic (exact) mass is 331 g/mol. The van der Waals surface area contributed by atoms with Crippen LogP contribution in [-0.2, 0) is 4.79 Å². The van der Waals surface area contributed by atoms with Crippen molar-refractivity contribution in [3.63, 3.8) is 0 Å². The summed E-state index contributed by atoms with van der Waals surface area (Å²) in [6.07, 6.45) is -0.496.